The third-order valence-corrected chi connectivity index (χ3v) is 3.86. The standard InChI is InChI=1S/C20H13FN2O4/c1-26-20-11-14(23(24)25)6-8-17(20)19-9-7-15(27-19)10-13(12-22)16-4-2-3-5-18(16)21/h2-11H,1H3/b13-10-. The van der Waals surface area contributed by atoms with Gasteiger partial charge in [0, 0.05) is 11.6 Å². The van der Waals surface area contributed by atoms with Crippen molar-refractivity contribution in [2.75, 3.05) is 7.11 Å². The molecule has 3 rings (SSSR count). The van der Waals surface area contributed by atoms with Gasteiger partial charge in [-0.15, -0.1) is 0 Å². The molecule has 0 N–H and O–H groups in total. The highest BCUT2D eigenvalue weighted by Gasteiger charge is 2.15. The zero-order chi connectivity index (χ0) is 19.4. The minimum atomic E-state index is -0.518. The van der Waals surface area contributed by atoms with Gasteiger partial charge in [-0.2, -0.15) is 5.26 Å². The van der Waals surface area contributed by atoms with Gasteiger partial charge in [-0.3, -0.25) is 10.1 Å². The van der Waals surface area contributed by atoms with Gasteiger partial charge in [0.25, 0.3) is 5.69 Å². The minimum absolute atomic E-state index is 0.103. The van der Waals surface area contributed by atoms with E-state index >= 15 is 0 Å². The van der Waals surface area contributed by atoms with Crippen molar-refractivity contribution >= 4 is 17.3 Å². The van der Waals surface area contributed by atoms with Gasteiger partial charge in [0.15, 0.2) is 0 Å². The first-order valence-electron chi connectivity index (χ1n) is 7.83. The molecule has 0 atom stereocenters. The molecule has 0 saturated heterocycles. The number of benzene rings is 2. The Morgan fingerprint density at radius 2 is 2.04 bits per heavy atom. The van der Waals surface area contributed by atoms with Crippen LogP contribution in [0.1, 0.15) is 11.3 Å². The molecular formula is C20H13FN2O4. The van der Waals surface area contributed by atoms with E-state index in [1.807, 2.05) is 6.07 Å². The molecule has 0 saturated carbocycles. The van der Waals surface area contributed by atoms with E-state index in [2.05, 4.69) is 0 Å². The first-order chi connectivity index (χ1) is 13.0. The third kappa shape index (κ3) is 3.70. The summed E-state index contributed by atoms with van der Waals surface area (Å²) in [6, 6.07) is 15.3. The maximum absolute atomic E-state index is 13.9. The highest BCUT2D eigenvalue weighted by atomic mass is 19.1. The van der Waals surface area contributed by atoms with E-state index in [0.29, 0.717) is 17.1 Å². The number of nitrogens with zero attached hydrogens (tertiary/aromatic N) is 2. The Hall–Kier alpha value is -3.92. The van der Waals surface area contributed by atoms with Crippen molar-refractivity contribution in [3.05, 3.63) is 81.9 Å². The molecular weight excluding hydrogens is 351 g/mol. The summed E-state index contributed by atoms with van der Waals surface area (Å²) in [6.07, 6.45) is 1.43. The van der Waals surface area contributed by atoms with Gasteiger partial charge in [0.1, 0.15) is 23.1 Å². The van der Waals surface area contributed by atoms with Crippen LogP contribution in [0.3, 0.4) is 0 Å². The molecule has 1 aromatic heterocycles. The quantitative estimate of drug-likeness (QED) is 0.358. The van der Waals surface area contributed by atoms with E-state index in [1.54, 1.807) is 24.3 Å². The lowest BCUT2D eigenvalue weighted by Gasteiger charge is -2.05. The highest BCUT2D eigenvalue weighted by molar-refractivity contribution is 5.89. The summed E-state index contributed by atoms with van der Waals surface area (Å²) in [5.74, 6) is 0.516. The second-order valence-corrected chi connectivity index (χ2v) is 5.49. The molecule has 0 spiro atoms. The van der Waals surface area contributed by atoms with Gasteiger partial charge in [-0.1, -0.05) is 18.2 Å². The molecule has 0 fully saturated rings. The van der Waals surface area contributed by atoms with Crippen molar-refractivity contribution in [2.45, 2.75) is 0 Å². The lowest BCUT2D eigenvalue weighted by atomic mass is 10.1. The van der Waals surface area contributed by atoms with Crippen LogP contribution in [0.2, 0.25) is 0 Å². The number of ether oxygens (including phenoxy) is 1. The number of nitriles is 1. The van der Waals surface area contributed by atoms with Crippen LogP contribution in [-0.4, -0.2) is 12.0 Å². The lowest BCUT2D eigenvalue weighted by molar-refractivity contribution is -0.384. The highest BCUT2D eigenvalue weighted by Crippen LogP contribution is 2.35. The topological polar surface area (TPSA) is 89.3 Å². The van der Waals surface area contributed by atoms with Crippen molar-refractivity contribution in [2.24, 2.45) is 0 Å². The Bertz CT molecular complexity index is 1080. The fourth-order valence-electron chi connectivity index (χ4n) is 2.56. The predicted molar refractivity (Wildman–Crippen MR) is 97.2 cm³/mol. The number of furan rings is 1. The van der Waals surface area contributed by atoms with Gasteiger partial charge in [0.05, 0.1) is 35.3 Å². The molecule has 0 aliphatic heterocycles. The van der Waals surface area contributed by atoms with Crippen LogP contribution in [0, 0.1) is 27.3 Å². The van der Waals surface area contributed by atoms with Crippen LogP contribution in [-0.2, 0) is 0 Å². The first kappa shape index (κ1) is 17.9. The Kier molecular flexibility index (Phi) is 4.99. The zero-order valence-electron chi connectivity index (χ0n) is 14.2. The fraction of sp³-hybridized carbons (Fsp3) is 0.0500. The fourth-order valence-corrected chi connectivity index (χ4v) is 2.56. The van der Waals surface area contributed by atoms with Crippen molar-refractivity contribution < 1.29 is 18.5 Å². The van der Waals surface area contributed by atoms with Crippen molar-refractivity contribution in [1.29, 1.82) is 5.26 Å². The van der Waals surface area contributed by atoms with Crippen LogP contribution in [0.5, 0.6) is 5.75 Å². The minimum Gasteiger partial charge on any atom is -0.496 e. The van der Waals surface area contributed by atoms with Crippen molar-refractivity contribution in [3.63, 3.8) is 0 Å². The summed E-state index contributed by atoms with van der Waals surface area (Å²) in [5.41, 5.74) is 0.705. The molecule has 27 heavy (non-hydrogen) atoms. The van der Waals surface area contributed by atoms with Crippen LogP contribution in [0.4, 0.5) is 10.1 Å². The molecule has 2 aromatic carbocycles. The van der Waals surface area contributed by atoms with Crippen LogP contribution in [0.25, 0.3) is 23.0 Å². The Morgan fingerprint density at radius 3 is 2.70 bits per heavy atom. The number of halogens is 1. The number of allylic oxidation sites excluding steroid dienone is 1. The molecule has 1 heterocycles. The lowest BCUT2D eigenvalue weighted by Crippen LogP contribution is -1.92. The summed E-state index contributed by atoms with van der Waals surface area (Å²) in [6.45, 7) is 0. The first-order valence-corrected chi connectivity index (χ1v) is 7.83. The molecule has 0 unspecified atom stereocenters. The second-order valence-electron chi connectivity index (χ2n) is 5.49. The van der Waals surface area contributed by atoms with Crippen molar-refractivity contribution in [1.82, 2.24) is 0 Å². The van der Waals surface area contributed by atoms with Crippen molar-refractivity contribution in [3.8, 4) is 23.1 Å². The van der Waals surface area contributed by atoms with E-state index < -0.39 is 10.7 Å². The molecule has 0 bridgehead atoms. The molecule has 0 radical (unpaired) electrons. The molecule has 3 aromatic rings. The van der Waals surface area contributed by atoms with Crippen LogP contribution >= 0.6 is 0 Å². The number of nitro benzene ring substituents is 1. The monoisotopic (exact) mass is 364 g/mol. The zero-order valence-corrected chi connectivity index (χ0v) is 14.2. The number of rotatable bonds is 5. The summed E-state index contributed by atoms with van der Waals surface area (Å²) in [7, 11) is 1.40. The molecule has 6 nitrogen and oxygen atoms in total. The third-order valence-electron chi connectivity index (χ3n) is 3.86. The smallest absolute Gasteiger partial charge is 0.273 e. The van der Waals surface area contributed by atoms with Gasteiger partial charge < -0.3 is 9.15 Å². The Labute approximate surface area is 153 Å². The predicted octanol–water partition coefficient (Wildman–Crippen LogP) is 5.07. The summed E-state index contributed by atoms with van der Waals surface area (Å²) >= 11 is 0. The van der Waals surface area contributed by atoms with Gasteiger partial charge in [-0.05, 0) is 30.3 Å². The maximum Gasteiger partial charge on any atom is 0.273 e. The van der Waals surface area contributed by atoms with E-state index in [9.17, 15) is 19.8 Å². The van der Waals surface area contributed by atoms with Gasteiger partial charge >= 0.3 is 0 Å². The van der Waals surface area contributed by atoms with Gasteiger partial charge in [-0.25, -0.2) is 4.39 Å². The summed E-state index contributed by atoms with van der Waals surface area (Å²) in [4.78, 5) is 10.4. The number of nitro groups is 1. The number of hydrogen-bond donors (Lipinski definition) is 0. The van der Waals surface area contributed by atoms with E-state index in [0.717, 1.165) is 0 Å². The summed E-state index contributed by atoms with van der Waals surface area (Å²) < 4.78 is 24.8. The maximum atomic E-state index is 13.9. The molecule has 134 valence electrons. The Morgan fingerprint density at radius 1 is 1.26 bits per heavy atom. The SMILES string of the molecule is COc1cc([N+](=O)[O-])ccc1-c1ccc(/C=C(/C#N)c2ccccc2F)o1. The molecule has 0 aliphatic carbocycles. The normalized spacial score (nSPS) is 11.1. The Balaban J connectivity index is 1.99. The van der Waals surface area contributed by atoms with E-state index in [-0.39, 0.29) is 22.6 Å². The second kappa shape index (κ2) is 7.54. The number of methoxy groups -OCH3 is 1. The van der Waals surface area contributed by atoms with Crippen LogP contribution < -0.4 is 4.74 Å². The molecule has 7 heteroatoms. The molecule has 0 amide bonds. The number of hydrogen-bond acceptors (Lipinski definition) is 5. The molecule has 0 aliphatic rings. The average Bonchev–Trinajstić information content (AvgIpc) is 3.14. The number of non-ortho nitro benzene ring substituents is 1. The van der Waals surface area contributed by atoms with Crippen LogP contribution in [0.15, 0.2) is 59.0 Å². The van der Waals surface area contributed by atoms with E-state index in [1.165, 1.54) is 43.5 Å². The summed E-state index contributed by atoms with van der Waals surface area (Å²) in [5, 5.41) is 20.2. The average molecular weight is 364 g/mol. The van der Waals surface area contributed by atoms with E-state index in [4.69, 9.17) is 9.15 Å². The van der Waals surface area contributed by atoms with Gasteiger partial charge in [0.2, 0.25) is 0 Å². The largest absolute Gasteiger partial charge is 0.496 e.